The molecule has 0 unspecified atom stereocenters. The van der Waals surface area contributed by atoms with Crippen molar-refractivity contribution in [2.45, 2.75) is 43.9 Å². The normalized spacial score (nSPS) is 20.0. The molecule has 2 aromatic carbocycles. The third-order valence-electron chi connectivity index (χ3n) is 6.86. The molecule has 2 aromatic heterocycles. The second-order valence-corrected chi connectivity index (χ2v) is 10.0. The van der Waals surface area contributed by atoms with E-state index in [1.54, 1.807) is 6.20 Å². The van der Waals surface area contributed by atoms with E-state index in [2.05, 4.69) is 27.3 Å². The molecule has 182 valence electrons. The second kappa shape index (κ2) is 9.96. The summed E-state index contributed by atoms with van der Waals surface area (Å²) in [5.41, 5.74) is 2.84. The van der Waals surface area contributed by atoms with Crippen LogP contribution in [0.3, 0.4) is 0 Å². The molecular weight excluding hydrogens is 490 g/mol. The van der Waals surface area contributed by atoms with E-state index in [-0.39, 0.29) is 12.1 Å². The van der Waals surface area contributed by atoms with Crippen LogP contribution in [0, 0.1) is 0 Å². The van der Waals surface area contributed by atoms with Gasteiger partial charge in [-0.05, 0) is 111 Å². The monoisotopic (exact) mass is 515 g/mol. The van der Waals surface area contributed by atoms with Crippen molar-refractivity contribution in [3.63, 3.8) is 0 Å². The molecule has 0 bridgehead atoms. The van der Waals surface area contributed by atoms with Gasteiger partial charge in [-0.15, -0.1) is 0 Å². The lowest BCUT2D eigenvalue weighted by molar-refractivity contribution is 0.210. The van der Waals surface area contributed by atoms with E-state index >= 15 is 0 Å². The number of ether oxygens (including phenoxy) is 1. The molecule has 7 heteroatoms. The number of furan rings is 1. The minimum Gasteiger partial charge on any atom is -0.490 e. The zero-order valence-electron chi connectivity index (χ0n) is 19.6. The Morgan fingerprint density at radius 3 is 2.44 bits per heavy atom. The first-order chi connectivity index (χ1) is 17.7. The molecule has 5 nitrogen and oxygen atoms in total. The van der Waals surface area contributed by atoms with E-state index in [9.17, 15) is 0 Å². The summed E-state index contributed by atoms with van der Waals surface area (Å²) >= 11 is 11.9. The van der Waals surface area contributed by atoms with Crippen LogP contribution in [-0.2, 0) is 0 Å². The molecule has 2 atom stereocenters. The molecule has 1 aliphatic heterocycles. The number of hydrogen-bond acceptors (Lipinski definition) is 4. The summed E-state index contributed by atoms with van der Waals surface area (Å²) < 4.78 is 12.6. The van der Waals surface area contributed by atoms with Gasteiger partial charge in [-0.2, -0.15) is 0 Å². The van der Waals surface area contributed by atoms with Crippen LogP contribution in [0.25, 0.3) is 11.3 Å². The van der Waals surface area contributed by atoms with E-state index in [1.165, 1.54) is 12.8 Å². The van der Waals surface area contributed by atoms with Crippen molar-refractivity contribution in [2.24, 2.45) is 0 Å². The quantitative estimate of drug-likeness (QED) is 0.268. The molecule has 1 saturated heterocycles. The van der Waals surface area contributed by atoms with Gasteiger partial charge in [0.2, 0.25) is 0 Å². The van der Waals surface area contributed by atoms with Crippen LogP contribution in [0.4, 0.5) is 5.69 Å². The third kappa shape index (κ3) is 4.59. The van der Waals surface area contributed by atoms with Crippen LogP contribution in [-0.4, -0.2) is 16.2 Å². The van der Waals surface area contributed by atoms with Gasteiger partial charge < -0.3 is 19.4 Å². The Hall–Kier alpha value is -3.35. The number of hydrogen-bond donors (Lipinski definition) is 1. The summed E-state index contributed by atoms with van der Waals surface area (Å²) in [5.74, 6) is 2.47. The van der Waals surface area contributed by atoms with Crippen molar-refractivity contribution in [3.8, 4) is 17.1 Å². The number of aromatic nitrogens is 1. The van der Waals surface area contributed by atoms with Gasteiger partial charge in [-0.1, -0.05) is 17.7 Å². The zero-order valence-corrected chi connectivity index (χ0v) is 21.2. The van der Waals surface area contributed by atoms with E-state index < -0.39 is 0 Å². The maximum absolute atomic E-state index is 6.42. The predicted molar refractivity (Wildman–Crippen MR) is 146 cm³/mol. The number of halogens is 1. The number of nitrogens with one attached hydrogen (secondary N) is 1. The highest BCUT2D eigenvalue weighted by Crippen LogP contribution is 2.43. The summed E-state index contributed by atoms with van der Waals surface area (Å²) in [6, 6.07) is 25.4. The Kier molecular flexibility index (Phi) is 6.38. The molecule has 2 fully saturated rings. The Bertz CT molecular complexity index is 1340. The molecule has 6 rings (SSSR count). The fourth-order valence-electron chi connectivity index (χ4n) is 5.09. The van der Waals surface area contributed by atoms with Crippen molar-refractivity contribution in [3.05, 3.63) is 102 Å². The Labute approximate surface area is 221 Å². The van der Waals surface area contributed by atoms with E-state index in [0.29, 0.717) is 16.2 Å². The van der Waals surface area contributed by atoms with E-state index in [4.69, 9.17) is 33.0 Å². The van der Waals surface area contributed by atoms with Crippen molar-refractivity contribution in [1.82, 2.24) is 10.3 Å². The molecule has 4 aromatic rings. The van der Waals surface area contributed by atoms with Crippen LogP contribution in [0.2, 0.25) is 5.02 Å². The number of rotatable bonds is 6. The fraction of sp³-hybridized carbons (Fsp3) is 0.241. The summed E-state index contributed by atoms with van der Waals surface area (Å²) in [6.07, 6.45) is 6.87. The van der Waals surface area contributed by atoms with Gasteiger partial charge in [0.05, 0.1) is 17.8 Å². The van der Waals surface area contributed by atoms with Gasteiger partial charge in [0.15, 0.2) is 5.11 Å². The molecule has 36 heavy (non-hydrogen) atoms. The van der Waals surface area contributed by atoms with Crippen molar-refractivity contribution >= 4 is 34.6 Å². The first-order valence-corrected chi connectivity index (χ1v) is 13.1. The van der Waals surface area contributed by atoms with E-state index in [1.807, 2.05) is 66.7 Å². The molecule has 3 heterocycles. The van der Waals surface area contributed by atoms with Gasteiger partial charge in [-0.25, -0.2) is 0 Å². The Morgan fingerprint density at radius 2 is 1.72 bits per heavy atom. The second-order valence-electron chi connectivity index (χ2n) is 9.22. The topological polar surface area (TPSA) is 50.5 Å². The highest BCUT2D eigenvalue weighted by molar-refractivity contribution is 7.80. The summed E-state index contributed by atoms with van der Waals surface area (Å²) in [4.78, 5) is 6.73. The summed E-state index contributed by atoms with van der Waals surface area (Å²) in [5, 5.41) is 4.80. The summed E-state index contributed by atoms with van der Waals surface area (Å²) in [7, 11) is 0. The van der Waals surface area contributed by atoms with Crippen LogP contribution >= 0.6 is 23.8 Å². The Balaban J connectivity index is 1.34. The lowest BCUT2D eigenvalue weighted by Gasteiger charge is -2.26. The molecule has 1 aliphatic carbocycles. The first kappa shape index (κ1) is 23.1. The minimum absolute atomic E-state index is 0.169. The largest absolute Gasteiger partial charge is 0.490 e. The predicted octanol–water partition coefficient (Wildman–Crippen LogP) is 7.49. The standard InChI is InChI=1S/C29H26ClN3O2S/c30-20-10-8-19(9-11-20)25-16-17-26(35-25)28-27(24-7-3-4-18-31-24)32-29(36)33(28)21-12-14-23(15-13-21)34-22-5-1-2-6-22/h3-4,7-18,22,27-28H,1-2,5-6H2,(H,32,36)/t27-,28+/m0/s1. The average Bonchev–Trinajstić information content (AvgIpc) is 3.66. The van der Waals surface area contributed by atoms with Gasteiger partial charge in [0, 0.05) is 22.5 Å². The van der Waals surface area contributed by atoms with E-state index in [0.717, 1.165) is 47.1 Å². The highest BCUT2D eigenvalue weighted by Gasteiger charge is 2.42. The lowest BCUT2D eigenvalue weighted by Crippen LogP contribution is -2.29. The van der Waals surface area contributed by atoms with Crippen molar-refractivity contribution < 1.29 is 9.15 Å². The molecule has 2 aliphatic rings. The average molecular weight is 516 g/mol. The molecular formula is C29H26ClN3O2S. The Morgan fingerprint density at radius 1 is 0.944 bits per heavy atom. The first-order valence-electron chi connectivity index (χ1n) is 12.3. The van der Waals surface area contributed by atoms with Crippen LogP contribution in [0.1, 0.15) is 49.2 Å². The number of nitrogens with zero attached hydrogens (tertiary/aromatic N) is 2. The maximum Gasteiger partial charge on any atom is 0.174 e. The number of benzene rings is 2. The van der Waals surface area contributed by atoms with Gasteiger partial charge in [0.25, 0.3) is 0 Å². The van der Waals surface area contributed by atoms with Crippen LogP contribution in [0.15, 0.2) is 89.5 Å². The fourth-order valence-corrected chi connectivity index (χ4v) is 5.56. The number of thiocarbonyl (C=S) groups is 1. The molecule has 0 radical (unpaired) electrons. The zero-order chi connectivity index (χ0) is 24.5. The van der Waals surface area contributed by atoms with Crippen LogP contribution in [0.5, 0.6) is 5.75 Å². The van der Waals surface area contributed by atoms with Gasteiger partial charge in [0.1, 0.15) is 23.3 Å². The van der Waals surface area contributed by atoms with Crippen LogP contribution < -0.4 is 15.0 Å². The molecule has 0 spiro atoms. The lowest BCUT2D eigenvalue weighted by atomic mass is 10.0. The van der Waals surface area contributed by atoms with Gasteiger partial charge >= 0.3 is 0 Å². The van der Waals surface area contributed by atoms with Gasteiger partial charge in [-0.3, -0.25) is 4.98 Å². The smallest absolute Gasteiger partial charge is 0.174 e. The van der Waals surface area contributed by atoms with Crippen molar-refractivity contribution in [2.75, 3.05) is 4.90 Å². The van der Waals surface area contributed by atoms with Crippen molar-refractivity contribution in [1.29, 1.82) is 0 Å². The minimum atomic E-state index is -0.213. The number of anilines is 1. The highest BCUT2D eigenvalue weighted by atomic mass is 35.5. The summed E-state index contributed by atoms with van der Waals surface area (Å²) in [6.45, 7) is 0. The number of pyridine rings is 1. The SMILES string of the molecule is S=C1N[C@@H](c2ccccn2)[C@@H](c2ccc(-c3ccc(Cl)cc3)o2)N1c1ccc(OC2CCCC2)cc1. The third-order valence-corrected chi connectivity index (χ3v) is 7.43. The molecule has 1 saturated carbocycles. The molecule has 1 N–H and O–H groups in total. The maximum atomic E-state index is 6.42. The molecule has 0 amide bonds.